The lowest BCUT2D eigenvalue weighted by Crippen LogP contribution is -2.33. The maximum atomic E-state index is 14.9. The fourth-order valence-corrected chi connectivity index (χ4v) is 7.54. The van der Waals surface area contributed by atoms with Crippen LogP contribution in [0.5, 0.6) is 0 Å². The van der Waals surface area contributed by atoms with Crippen LogP contribution in [0.25, 0.3) is 6.08 Å². The summed E-state index contributed by atoms with van der Waals surface area (Å²) in [5.41, 5.74) is 0.556. The molecular weight excluding hydrogens is 423 g/mol. The molecule has 3 aromatic rings. The van der Waals surface area contributed by atoms with Gasteiger partial charge < -0.3 is 9.67 Å². The Labute approximate surface area is 199 Å². The molecule has 3 aromatic carbocycles. The number of benzene rings is 3. The number of unbranched alkanes of at least 4 members (excludes halogenated alkanes) is 5. The predicted molar refractivity (Wildman–Crippen MR) is 143 cm³/mol. The second kappa shape index (κ2) is 13.3. The minimum Gasteiger partial charge on any atom is -0.392 e. The molecule has 0 saturated heterocycles. The van der Waals surface area contributed by atoms with Crippen LogP contribution in [0.3, 0.4) is 0 Å². The molecule has 3 rings (SSSR count). The van der Waals surface area contributed by atoms with E-state index in [2.05, 4.69) is 6.92 Å². The Balaban J connectivity index is 1.94. The van der Waals surface area contributed by atoms with Crippen molar-refractivity contribution in [1.82, 2.24) is 0 Å². The molecule has 2 atom stereocenters. The van der Waals surface area contributed by atoms with E-state index in [9.17, 15) is 9.67 Å². The van der Waals surface area contributed by atoms with E-state index < -0.39 is 18.9 Å². The Morgan fingerprint density at radius 3 is 1.76 bits per heavy atom. The average molecular weight is 461 g/mol. The van der Waals surface area contributed by atoms with Gasteiger partial charge in [-0.1, -0.05) is 149 Å². The summed E-state index contributed by atoms with van der Waals surface area (Å²) in [6.07, 6.45) is 11.0. The smallest absolute Gasteiger partial charge is 0.152 e. The summed E-state index contributed by atoms with van der Waals surface area (Å²) in [7, 11) is -3.13. The molecule has 3 heteroatoms. The highest BCUT2D eigenvalue weighted by Crippen LogP contribution is 2.51. The van der Waals surface area contributed by atoms with Gasteiger partial charge in [0.05, 0.1) is 11.8 Å². The summed E-state index contributed by atoms with van der Waals surface area (Å²) in [6.45, 7) is 2.22. The van der Waals surface area contributed by atoms with Gasteiger partial charge in [0.25, 0.3) is 0 Å². The van der Waals surface area contributed by atoms with Crippen LogP contribution in [0.1, 0.15) is 57.4 Å². The predicted octanol–water partition coefficient (Wildman–Crippen LogP) is 7.19. The van der Waals surface area contributed by atoms with Gasteiger partial charge in [0, 0.05) is 10.6 Å². The molecule has 0 saturated carbocycles. The van der Waals surface area contributed by atoms with Crippen molar-refractivity contribution in [3.63, 3.8) is 0 Å². The molecule has 2 nitrogen and oxygen atoms in total. The van der Waals surface area contributed by atoms with E-state index >= 15 is 0 Å². The van der Waals surface area contributed by atoms with Crippen LogP contribution in [0.4, 0.5) is 0 Å². The molecule has 0 amide bonds. The minimum atomic E-state index is -3.13. The number of rotatable bonds is 13. The maximum Gasteiger partial charge on any atom is 0.152 e. The Bertz CT molecular complexity index is 956. The fraction of sp³-hybridized carbons (Fsp3) is 0.333. The fourth-order valence-electron chi connectivity index (χ4n) is 4.36. The first-order valence-electron chi connectivity index (χ1n) is 12.3. The van der Waals surface area contributed by atoms with Crippen molar-refractivity contribution < 1.29 is 9.67 Å². The SMILES string of the molecule is CCCCCCCCC(O)C(/C=C/c1ccccc1)P(=O)(c1ccccc1)c1ccccc1. The van der Waals surface area contributed by atoms with Crippen molar-refractivity contribution >= 4 is 23.8 Å². The zero-order chi connectivity index (χ0) is 23.4. The van der Waals surface area contributed by atoms with Crippen molar-refractivity contribution in [2.24, 2.45) is 0 Å². The largest absolute Gasteiger partial charge is 0.392 e. The normalized spacial score (nSPS) is 13.8. The molecule has 2 unspecified atom stereocenters. The minimum absolute atomic E-state index is 0.488. The van der Waals surface area contributed by atoms with Gasteiger partial charge >= 0.3 is 0 Å². The lowest BCUT2D eigenvalue weighted by atomic mass is 10.0. The first-order valence-corrected chi connectivity index (χ1v) is 14.1. The standard InChI is InChI=1S/C30H37O2P/c1-2-3-4-5-6-16-23-29(31)30(25-24-26-17-10-7-11-18-26)33(32,27-19-12-8-13-20-27)28-21-14-9-15-22-28/h7-15,17-22,24-25,29-31H,2-6,16,23H2,1H3/b25-24+. The van der Waals surface area contributed by atoms with Crippen LogP contribution < -0.4 is 10.6 Å². The molecule has 0 radical (unpaired) electrons. The molecule has 33 heavy (non-hydrogen) atoms. The summed E-state index contributed by atoms with van der Waals surface area (Å²) in [5, 5.41) is 13.0. The van der Waals surface area contributed by atoms with Gasteiger partial charge in [-0.3, -0.25) is 0 Å². The molecule has 0 heterocycles. The highest BCUT2D eigenvalue weighted by molar-refractivity contribution is 7.79. The third-order valence-electron chi connectivity index (χ3n) is 6.23. The first kappa shape index (κ1) is 25.2. The van der Waals surface area contributed by atoms with Crippen LogP contribution in [0, 0.1) is 0 Å². The van der Waals surface area contributed by atoms with Crippen LogP contribution in [-0.2, 0) is 4.57 Å². The van der Waals surface area contributed by atoms with Crippen molar-refractivity contribution in [3.8, 4) is 0 Å². The van der Waals surface area contributed by atoms with Gasteiger partial charge in [-0.25, -0.2) is 0 Å². The third-order valence-corrected chi connectivity index (χ3v) is 9.72. The third kappa shape index (κ3) is 7.03. The first-order chi connectivity index (χ1) is 16.2. The lowest BCUT2D eigenvalue weighted by molar-refractivity contribution is 0.166. The van der Waals surface area contributed by atoms with Gasteiger partial charge in [-0.05, 0) is 12.0 Å². The molecule has 0 aliphatic rings. The summed E-state index contributed by atoms with van der Waals surface area (Å²) >= 11 is 0. The Kier molecular flexibility index (Phi) is 10.2. The van der Waals surface area contributed by atoms with Crippen LogP contribution in [0.2, 0.25) is 0 Å². The van der Waals surface area contributed by atoms with Crippen LogP contribution >= 0.6 is 7.14 Å². The van der Waals surface area contributed by atoms with Gasteiger partial charge in [-0.15, -0.1) is 0 Å². The van der Waals surface area contributed by atoms with E-state index in [-0.39, 0.29) is 0 Å². The number of hydrogen-bond acceptors (Lipinski definition) is 2. The zero-order valence-electron chi connectivity index (χ0n) is 19.7. The average Bonchev–Trinajstić information content (AvgIpc) is 2.87. The van der Waals surface area contributed by atoms with Crippen molar-refractivity contribution in [2.45, 2.75) is 63.6 Å². The Morgan fingerprint density at radius 2 is 1.21 bits per heavy atom. The second-order valence-electron chi connectivity index (χ2n) is 8.71. The lowest BCUT2D eigenvalue weighted by Gasteiger charge is -2.30. The van der Waals surface area contributed by atoms with E-state index in [1.807, 2.05) is 103 Å². The molecule has 0 aromatic heterocycles. The van der Waals surface area contributed by atoms with Crippen molar-refractivity contribution in [2.75, 3.05) is 0 Å². The highest BCUT2D eigenvalue weighted by atomic mass is 31.2. The topological polar surface area (TPSA) is 37.3 Å². The van der Waals surface area contributed by atoms with Crippen molar-refractivity contribution in [3.05, 3.63) is 103 Å². The second-order valence-corrected chi connectivity index (χ2v) is 11.7. The van der Waals surface area contributed by atoms with E-state index in [0.29, 0.717) is 6.42 Å². The highest BCUT2D eigenvalue weighted by Gasteiger charge is 2.39. The quantitative estimate of drug-likeness (QED) is 0.216. The summed E-state index contributed by atoms with van der Waals surface area (Å²) in [6, 6.07) is 29.4. The molecule has 0 aliphatic carbocycles. The summed E-state index contributed by atoms with van der Waals surface area (Å²) < 4.78 is 14.9. The summed E-state index contributed by atoms with van der Waals surface area (Å²) in [4.78, 5) is 0. The molecular formula is C30H37O2P. The zero-order valence-corrected chi connectivity index (χ0v) is 20.6. The molecule has 0 aliphatic heterocycles. The number of aliphatic hydroxyl groups excluding tert-OH is 1. The molecule has 174 valence electrons. The van der Waals surface area contributed by atoms with E-state index in [1.54, 1.807) is 0 Å². The maximum absolute atomic E-state index is 14.9. The Morgan fingerprint density at radius 1 is 0.727 bits per heavy atom. The van der Waals surface area contributed by atoms with Gasteiger partial charge in [0.2, 0.25) is 0 Å². The molecule has 1 N–H and O–H groups in total. The number of aliphatic hydroxyl groups is 1. The van der Waals surface area contributed by atoms with Crippen LogP contribution in [0.15, 0.2) is 97.1 Å². The number of hydrogen-bond donors (Lipinski definition) is 1. The van der Waals surface area contributed by atoms with Gasteiger partial charge in [0.15, 0.2) is 7.14 Å². The van der Waals surface area contributed by atoms with Gasteiger partial charge in [-0.2, -0.15) is 0 Å². The van der Waals surface area contributed by atoms with Crippen molar-refractivity contribution in [1.29, 1.82) is 0 Å². The van der Waals surface area contributed by atoms with E-state index in [4.69, 9.17) is 0 Å². The monoisotopic (exact) mass is 460 g/mol. The van der Waals surface area contributed by atoms with E-state index in [0.717, 1.165) is 29.0 Å². The molecule has 0 spiro atoms. The molecule has 0 bridgehead atoms. The van der Waals surface area contributed by atoms with Gasteiger partial charge in [0.1, 0.15) is 0 Å². The van der Waals surface area contributed by atoms with E-state index in [1.165, 1.54) is 25.7 Å². The summed E-state index contributed by atoms with van der Waals surface area (Å²) in [5.74, 6) is 0. The Hall–Kier alpha value is -2.41. The van der Waals surface area contributed by atoms with Crippen LogP contribution in [-0.4, -0.2) is 16.9 Å². The molecule has 0 fully saturated rings.